The fourth-order valence-electron chi connectivity index (χ4n) is 8.11. The molecule has 4 amide bonds. The van der Waals surface area contributed by atoms with Crippen molar-refractivity contribution in [2.24, 2.45) is 23.7 Å². The Morgan fingerprint density at radius 2 is 1.46 bits per heavy atom. The molecule has 12 heteroatoms. The molecule has 0 saturated carbocycles. The number of likely N-dealkylation sites (N-methyl/N-ethyl adjacent to an activating group) is 2. The summed E-state index contributed by atoms with van der Waals surface area (Å²) in [5.41, 5.74) is 0.714. The van der Waals surface area contributed by atoms with Crippen molar-refractivity contribution in [2.75, 3.05) is 41.9 Å². The molecule has 0 aromatic heterocycles. The quantitative estimate of drug-likeness (QED) is 0.182. The Balaban J connectivity index is 2.26. The number of aliphatic hydroxyl groups is 1. The zero-order valence-electron chi connectivity index (χ0n) is 34.1. The molecule has 1 aromatic carbocycles. The lowest BCUT2D eigenvalue weighted by Crippen LogP contribution is -2.60. The molecule has 1 aromatic rings. The van der Waals surface area contributed by atoms with Gasteiger partial charge in [-0.3, -0.25) is 34.3 Å². The summed E-state index contributed by atoms with van der Waals surface area (Å²) in [6, 6.07) is 6.92. The summed E-state index contributed by atoms with van der Waals surface area (Å²) in [6.07, 6.45) is 0.327. The number of likely N-dealkylation sites (tertiary alicyclic amines) is 1. The van der Waals surface area contributed by atoms with Crippen molar-refractivity contribution in [3.8, 4) is 0 Å². The summed E-state index contributed by atoms with van der Waals surface area (Å²) in [5.74, 6) is -1.74. The van der Waals surface area contributed by atoms with Gasteiger partial charge in [0.05, 0.1) is 54.8 Å². The van der Waals surface area contributed by atoms with E-state index in [2.05, 4.69) is 24.5 Å². The van der Waals surface area contributed by atoms with E-state index in [1.807, 2.05) is 93.9 Å². The lowest BCUT2D eigenvalue weighted by Gasteiger charge is -2.43. The maximum Gasteiger partial charge on any atom is 0.244 e. The van der Waals surface area contributed by atoms with E-state index < -0.39 is 42.4 Å². The largest absolute Gasteiger partial charge is 0.386 e. The van der Waals surface area contributed by atoms with E-state index in [0.717, 1.165) is 12.8 Å². The van der Waals surface area contributed by atoms with Crippen molar-refractivity contribution in [3.63, 3.8) is 0 Å². The van der Waals surface area contributed by atoms with Gasteiger partial charge in [0.2, 0.25) is 23.6 Å². The number of nitrogens with one attached hydrogen (secondary N) is 2. The van der Waals surface area contributed by atoms with Crippen LogP contribution in [-0.4, -0.2) is 128 Å². The third kappa shape index (κ3) is 11.5. The van der Waals surface area contributed by atoms with E-state index in [9.17, 15) is 24.3 Å². The maximum atomic E-state index is 14.2. The first-order chi connectivity index (χ1) is 24.4. The van der Waals surface area contributed by atoms with Crippen LogP contribution in [0.15, 0.2) is 30.3 Å². The molecule has 10 atom stereocenters. The molecule has 1 aliphatic heterocycles. The molecular formula is C40H69N5O7. The minimum absolute atomic E-state index is 0.00960. The van der Waals surface area contributed by atoms with Crippen molar-refractivity contribution >= 4 is 23.6 Å². The molecule has 1 heterocycles. The predicted octanol–water partition coefficient (Wildman–Crippen LogP) is 3.87. The average Bonchev–Trinajstić information content (AvgIpc) is 3.57. The number of hydrogen-bond acceptors (Lipinski definition) is 9. The molecule has 1 saturated heterocycles. The molecule has 0 spiro atoms. The molecule has 52 heavy (non-hydrogen) atoms. The molecule has 296 valence electrons. The van der Waals surface area contributed by atoms with Crippen LogP contribution in [0.1, 0.15) is 92.7 Å². The lowest BCUT2D eigenvalue weighted by molar-refractivity contribution is -0.144. The first-order valence-electron chi connectivity index (χ1n) is 19.0. The fourth-order valence-corrected chi connectivity index (χ4v) is 8.11. The van der Waals surface area contributed by atoms with Gasteiger partial charge in [0.1, 0.15) is 0 Å². The number of aliphatic hydroxyl groups excluding tert-OH is 1. The topological polar surface area (TPSA) is 141 Å². The minimum Gasteiger partial charge on any atom is -0.386 e. The number of amides is 4. The molecule has 0 radical (unpaired) electrons. The third-order valence-electron chi connectivity index (χ3n) is 11.0. The van der Waals surface area contributed by atoms with Gasteiger partial charge in [-0.15, -0.1) is 0 Å². The van der Waals surface area contributed by atoms with Gasteiger partial charge < -0.3 is 24.8 Å². The van der Waals surface area contributed by atoms with Gasteiger partial charge in [-0.05, 0) is 64.2 Å². The Bertz CT molecular complexity index is 1270. The molecule has 1 aliphatic rings. The van der Waals surface area contributed by atoms with Crippen LogP contribution in [0.25, 0.3) is 0 Å². The van der Waals surface area contributed by atoms with Gasteiger partial charge in [-0.1, -0.05) is 85.2 Å². The fraction of sp³-hybridized carbons (Fsp3) is 0.750. The number of imide groups is 1. The Morgan fingerprint density at radius 1 is 0.885 bits per heavy atom. The number of hydrogen-bond donors (Lipinski definition) is 3. The number of ether oxygens (including phenoxy) is 2. The highest BCUT2D eigenvalue weighted by molar-refractivity contribution is 6.00. The van der Waals surface area contributed by atoms with Gasteiger partial charge in [0.15, 0.2) is 0 Å². The van der Waals surface area contributed by atoms with Crippen molar-refractivity contribution in [1.29, 1.82) is 0 Å². The Morgan fingerprint density at radius 3 is 1.96 bits per heavy atom. The van der Waals surface area contributed by atoms with Crippen molar-refractivity contribution in [2.45, 2.75) is 130 Å². The van der Waals surface area contributed by atoms with Gasteiger partial charge in [0, 0.05) is 26.8 Å². The summed E-state index contributed by atoms with van der Waals surface area (Å²) in [6.45, 7) is 16.1. The zero-order chi connectivity index (χ0) is 39.4. The third-order valence-corrected chi connectivity index (χ3v) is 11.0. The number of methoxy groups -OCH3 is 2. The number of benzene rings is 1. The van der Waals surface area contributed by atoms with E-state index in [1.165, 1.54) is 0 Å². The van der Waals surface area contributed by atoms with Crippen LogP contribution in [0.5, 0.6) is 0 Å². The number of nitrogens with zero attached hydrogens (tertiary/aromatic N) is 3. The monoisotopic (exact) mass is 732 g/mol. The zero-order valence-corrected chi connectivity index (χ0v) is 34.1. The van der Waals surface area contributed by atoms with Gasteiger partial charge >= 0.3 is 0 Å². The van der Waals surface area contributed by atoms with E-state index in [4.69, 9.17) is 9.47 Å². The maximum absolute atomic E-state index is 14.2. The predicted molar refractivity (Wildman–Crippen MR) is 204 cm³/mol. The summed E-state index contributed by atoms with van der Waals surface area (Å²) < 4.78 is 12.0. The molecule has 1 fully saturated rings. The molecule has 0 unspecified atom stereocenters. The van der Waals surface area contributed by atoms with Gasteiger partial charge in [-0.25, -0.2) is 0 Å². The highest BCUT2D eigenvalue weighted by Crippen LogP contribution is 2.30. The molecule has 0 bridgehead atoms. The normalized spacial score (nSPS) is 20.3. The second-order valence-electron chi connectivity index (χ2n) is 15.7. The van der Waals surface area contributed by atoms with Crippen LogP contribution in [0, 0.1) is 23.7 Å². The standard InChI is InChI=1S/C40H69N5O7/c1-14-26(6)35(44(11)34(25(4)5)40(50)42-39(49)33(24(2)3)43(9)10)31(51-12)23-32(46)45-22-18-21-30(45)37(52-13)27(7)38(48)41-28(8)36(47)29-19-16-15-17-20-29/h15-17,19-20,24-28,30-31,33-37,47H,14,18,21-23H2,1-13H3,(H,41,48)(H,42,49,50)/t26-,27+,28+,30-,31+,33-,34-,35-,36+,37+/m0/s1. The smallest absolute Gasteiger partial charge is 0.244 e. The van der Waals surface area contributed by atoms with Gasteiger partial charge in [0.25, 0.3) is 0 Å². The van der Waals surface area contributed by atoms with E-state index in [1.54, 1.807) is 28.1 Å². The van der Waals surface area contributed by atoms with Crippen LogP contribution in [-0.2, 0) is 28.7 Å². The number of rotatable bonds is 20. The summed E-state index contributed by atoms with van der Waals surface area (Å²) >= 11 is 0. The summed E-state index contributed by atoms with van der Waals surface area (Å²) in [4.78, 5) is 60.4. The second kappa shape index (κ2) is 21.1. The van der Waals surface area contributed by atoms with Crippen molar-refractivity contribution in [3.05, 3.63) is 35.9 Å². The van der Waals surface area contributed by atoms with Crippen LogP contribution >= 0.6 is 0 Å². The number of carbonyl (C=O) groups is 4. The van der Waals surface area contributed by atoms with E-state index >= 15 is 0 Å². The van der Waals surface area contributed by atoms with Crippen LogP contribution in [0.4, 0.5) is 0 Å². The Hall–Kier alpha value is -2.90. The van der Waals surface area contributed by atoms with Crippen molar-refractivity contribution < 1.29 is 33.8 Å². The van der Waals surface area contributed by atoms with E-state index in [0.29, 0.717) is 18.5 Å². The highest BCUT2D eigenvalue weighted by Gasteiger charge is 2.43. The summed E-state index contributed by atoms with van der Waals surface area (Å²) in [7, 11) is 8.69. The molecule has 2 rings (SSSR count). The molecule has 0 aliphatic carbocycles. The summed E-state index contributed by atoms with van der Waals surface area (Å²) in [5, 5.41) is 16.5. The van der Waals surface area contributed by atoms with Crippen LogP contribution < -0.4 is 10.6 Å². The molecular weight excluding hydrogens is 662 g/mol. The second-order valence-corrected chi connectivity index (χ2v) is 15.7. The Kier molecular flexibility index (Phi) is 18.4. The van der Waals surface area contributed by atoms with Crippen LogP contribution in [0.2, 0.25) is 0 Å². The SMILES string of the molecule is CC[C@H](C)[C@@H]([C@@H](CC(=O)N1CCC[C@H]1[C@H](OC)[C@@H](C)C(=O)N[C@H](C)[C@@H](O)c1ccccc1)OC)N(C)[C@H](C(=O)NC(=O)[C@H](C(C)C)N(C)C)C(C)C. The molecule has 12 nitrogen and oxygen atoms in total. The van der Waals surface area contributed by atoms with Crippen LogP contribution in [0.3, 0.4) is 0 Å². The minimum atomic E-state index is -0.873. The number of carbonyl (C=O) groups excluding carboxylic acids is 4. The van der Waals surface area contributed by atoms with Gasteiger partial charge in [-0.2, -0.15) is 0 Å². The highest BCUT2D eigenvalue weighted by atomic mass is 16.5. The molecule has 3 N–H and O–H groups in total. The first-order valence-corrected chi connectivity index (χ1v) is 19.0. The Labute approximate surface area is 313 Å². The average molecular weight is 732 g/mol. The van der Waals surface area contributed by atoms with Crippen molar-refractivity contribution in [1.82, 2.24) is 25.3 Å². The van der Waals surface area contributed by atoms with E-state index in [-0.39, 0.29) is 59.9 Å². The first kappa shape index (κ1) is 45.3. The lowest BCUT2D eigenvalue weighted by atomic mass is 9.87.